The van der Waals surface area contributed by atoms with E-state index in [1.54, 1.807) is 0 Å². The number of rotatable bonds is 3. The zero-order valence-corrected chi connectivity index (χ0v) is 28.7. The summed E-state index contributed by atoms with van der Waals surface area (Å²) >= 11 is 1.88. The van der Waals surface area contributed by atoms with E-state index in [-0.39, 0.29) is 0 Å². The molecule has 0 fully saturated rings. The minimum atomic E-state index is 0.890. The molecule has 0 N–H and O–H groups in total. The van der Waals surface area contributed by atoms with Crippen molar-refractivity contribution in [2.75, 3.05) is 0 Å². The van der Waals surface area contributed by atoms with Crippen LogP contribution in [0.5, 0.6) is 0 Å². The highest BCUT2D eigenvalue weighted by Crippen LogP contribution is 2.45. The Morgan fingerprint density at radius 2 is 1.04 bits per heavy atom. The van der Waals surface area contributed by atoms with Crippen molar-refractivity contribution in [2.45, 2.75) is 0 Å². The number of fused-ring (bicyclic) bond motifs is 13. The zero-order valence-electron chi connectivity index (χ0n) is 27.9. The lowest BCUT2D eigenvalue weighted by molar-refractivity contribution is 0.668. The molecule has 0 spiro atoms. The number of para-hydroxylation sites is 3. The molecule has 242 valence electrons. The van der Waals surface area contributed by atoms with Crippen molar-refractivity contribution in [3.8, 4) is 22.5 Å². The Hall–Kier alpha value is -6.62. The van der Waals surface area contributed by atoms with E-state index in [1.165, 1.54) is 74.9 Å². The van der Waals surface area contributed by atoms with Crippen LogP contribution in [0, 0.1) is 0 Å². The van der Waals surface area contributed by atoms with Crippen molar-refractivity contribution >= 4 is 97.1 Å². The third kappa shape index (κ3) is 3.79. The quantitative estimate of drug-likeness (QED) is 0.182. The third-order valence-corrected chi connectivity index (χ3v) is 12.1. The van der Waals surface area contributed by atoms with Crippen molar-refractivity contribution in [3.63, 3.8) is 0 Å². The van der Waals surface area contributed by atoms with Gasteiger partial charge in [0, 0.05) is 69.9 Å². The first kappa shape index (κ1) is 28.1. The molecular weight excluding hydrogens is 653 g/mol. The average molecular weight is 681 g/mol. The molecule has 52 heavy (non-hydrogen) atoms. The van der Waals surface area contributed by atoms with Gasteiger partial charge >= 0.3 is 0 Å². The Balaban J connectivity index is 1.21. The molecule has 0 saturated heterocycles. The minimum absolute atomic E-state index is 0.890. The summed E-state index contributed by atoms with van der Waals surface area (Å²) in [6, 6.07) is 61.7. The van der Waals surface area contributed by atoms with Gasteiger partial charge in [-0.15, -0.1) is 11.3 Å². The lowest BCUT2D eigenvalue weighted by atomic mass is 10.00. The molecule has 4 heterocycles. The lowest BCUT2D eigenvalue weighted by Gasteiger charge is -2.10. The first-order valence-electron chi connectivity index (χ1n) is 17.7. The number of benzene rings is 8. The Morgan fingerprint density at radius 1 is 0.385 bits per heavy atom. The SMILES string of the molecule is c1ccc(-n2c3ccccc3c3c4c5ccc(-c6cccc7c6sc6ccccc67)cc5n(-c5ccc6c(c5)oc5ccccc56)c4ccc32)cc1. The van der Waals surface area contributed by atoms with Crippen LogP contribution in [0.15, 0.2) is 174 Å². The number of aromatic nitrogens is 2. The molecule has 0 bridgehead atoms. The van der Waals surface area contributed by atoms with Crippen molar-refractivity contribution in [1.82, 2.24) is 9.13 Å². The van der Waals surface area contributed by atoms with Crippen LogP contribution in [0.3, 0.4) is 0 Å². The van der Waals surface area contributed by atoms with Crippen LogP contribution in [-0.2, 0) is 0 Å². The summed E-state index contributed by atoms with van der Waals surface area (Å²) in [4.78, 5) is 0. The van der Waals surface area contributed by atoms with E-state index in [0.29, 0.717) is 0 Å². The van der Waals surface area contributed by atoms with Gasteiger partial charge in [-0.05, 0) is 71.8 Å². The molecule has 0 amide bonds. The Kier molecular flexibility index (Phi) is 5.65. The zero-order chi connectivity index (χ0) is 33.9. The number of hydrogen-bond acceptors (Lipinski definition) is 2. The lowest BCUT2D eigenvalue weighted by Crippen LogP contribution is -1.95. The second kappa shape index (κ2) is 10.5. The minimum Gasteiger partial charge on any atom is -0.456 e. The van der Waals surface area contributed by atoms with Gasteiger partial charge in [-0.3, -0.25) is 0 Å². The van der Waals surface area contributed by atoms with Crippen molar-refractivity contribution in [3.05, 3.63) is 170 Å². The first-order chi connectivity index (χ1) is 25.8. The van der Waals surface area contributed by atoms with Gasteiger partial charge in [0.1, 0.15) is 11.2 Å². The van der Waals surface area contributed by atoms with Crippen molar-refractivity contribution in [1.29, 1.82) is 0 Å². The van der Waals surface area contributed by atoms with Crippen LogP contribution in [0.1, 0.15) is 0 Å². The fourth-order valence-corrected chi connectivity index (χ4v) is 9.93. The molecule has 0 unspecified atom stereocenters. The molecule has 0 aliphatic carbocycles. The molecule has 0 aliphatic rings. The molecule has 12 rings (SSSR count). The summed E-state index contributed by atoms with van der Waals surface area (Å²) in [5.74, 6) is 0. The van der Waals surface area contributed by atoms with E-state index in [2.05, 4.69) is 173 Å². The van der Waals surface area contributed by atoms with Gasteiger partial charge < -0.3 is 13.6 Å². The normalized spacial score (nSPS) is 12.2. The fourth-order valence-electron chi connectivity index (χ4n) is 8.70. The molecule has 3 nitrogen and oxygen atoms in total. The van der Waals surface area contributed by atoms with E-state index in [0.717, 1.165) is 33.3 Å². The summed E-state index contributed by atoms with van der Waals surface area (Å²) in [5.41, 5.74) is 11.3. The highest BCUT2D eigenvalue weighted by molar-refractivity contribution is 7.26. The van der Waals surface area contributed by atoms with E-state index in [1.807, 2.05) is 17.4 Å². The average Bonchev–Trinajstić information content (AvgIpc) is 3.95. The molecule has 0 aliphatic heterocycles. The maximum atomic E-state index is 6.45. The largest absolute Gasteiger partial charge is 0.456 e. The van der Waals surface area contributed by atoms with Gasteiger partial charge in [0.15, 0.2) is 0 Å². The second-order valence-electron chi connectivity index (χ2n) is 13.7. The molecular formula is C48H28N2OS. The van der Waals surface area contributed by atoms with Crippen LogP contribution in [0.4, 0.5) is 0 Å². The Bertz CT molecular complexity index is 3410. The summed E-state index contributed by atoms with van der Waals surface area (Å²) in [6.45, 7) is 0. The van der Waals surface area contributed by atoms with Crippen LogP contribution < -0.4 is 0 Å². The van der Waals surface area contributed by atoms with Gasteiger partial charge in [0.2, 0.25) is 0 Å². The summed E-state index contributed by atoms with van der Waals surface area (Å²) in [7, 11) is 0. The van der Waals surface area contributed by atoms with Crippen LogP contribution >= 0.6 is 11.3 Å². The maximum Gasteiger partial charge on any atom is 0.137 e. The van der Waals surface area contributed by atoms with Gasteiger partial charge in [0.25, 0.3) is 0 Å². The van der Waals surface area contributed by atoms with Gasteiger partial charge in [-0.25, -0.2) is 0 Å². The summed E-state index contributed by atoms with van der Waals surface area (Å²) in [6.07, 6.45) is 0. The Labute approximate surface area is 301 Å². The molecule has 0 radical (unpaired) electrons. The molecule has 12 aromatic rings. The molecule has 8 aromatic carbocycles. The van der Waals surface area contributed by atoms with Crippen molar-refractivity contribution < 1.29 is 4.42 Å². The number of furan rings is 1. The van der Waals surface area contributed by atoms with Gasteiger partial charge in [0.05, 0.1) is 22.1 Å². The van der Waals surface area contributed by atoms with Gasteiger partial charge in [-0.2, -0.15) is 0 Å². The third-order valence-electron chi connectivity index (χ3n) is 10.9. The van der Waals surface area contributed by atoms with E-state index in [9.17, 15) is 0 Å². The predicted molar refractivity (Wildman–Crippen MR) is 221 cm³/mol. The van der Waals surface area contributed by atoms with Crippen molar-refractivity contribution in [2.24, 2.45) is 0 Å². The number of thiophene rings is 1. The van der Waals surface area contributed by atoms with E-state index < -0.39 is 0 Å². The molecule has 4 aromatic heterocycles. The van der Waals surface area contributed by atoms with Crippen LogP contribution in [0.2, 0.25) is 0 Å². The highest BCUT2D eigenvalue weighted by atomic mass is 32.1. The summed E-state index contributed by atoms with van der Waals surface area (Å²) in [5, 5.41) is 9.90. The number of nitrogens with zero attached hydrogens (tertiary/aromatic N) is 2. The maximum absolute atomic E-state index is 6.45. The highest BCUT2D eigenvalue weighted by Gasteiger charge is 2.22. The van der Waals surface area contributed by atoms with Gasteiger partial charge in [-0.1, -0.05) is 103 Å². The first-order valence-corrected chi connectivity index (χ1v) is 18.5. The number of hydrogen-bond donors (Lipinski definition) is 0. The molecule has 4 heteroatoms. The smallest absolute Gasteiger partial charge is 0.137 e. The van der Waals surface area contributed by atoms with Crippen LogP contribution in [-0.4, -0.2) is 9.13 Å². The van der Waals surface area contributed by atoms with Crippen LogP contribution in [0.25, 0.3) is 108 Å². The molecule has 0 atom stereocenters. The monoisotopic (exact) mass is 680 g/mol. The predicted octanol–water partition coefficient (Wildman–Crippen LogP) is 13.8. The molecule has 0 saturated carbocycles. The standard InChI is InChI=1S/C48H28N2OS/c1-2-11-30(12-3-1)49-39-18-7-4-15-37(39)46-40(49)25-26-41-47(46)38-23-21-29(32-16-10-17-36-35-14-6-9-20-45(35)52-48(32)36)27-42(38)50(41)31-22-24-34-33-13-5-8-19-43(33)51-44(34)28-31/h1-28H. The Morgan fingerprint density at radius 3 is 1.90 bits per heavy atom. The fraction of sp³-hybridized carbons (Fsp3) is 0. The topological polar surface area (TPSA) is 23.0 Å². The second-order valence-corrected chi connectivity index (χ2v) is 14.7. The van der Waals surface area contributed by atoms with E-state index >= 15 is 0 Å². The van der Waals surface area contributed by atoms with E-state index in [4.69, 9.17) is 4.42 Å². The summed E-state index contributed by atoms with van der Waals surface area (Å²) < 4.78 is 13.9.